The summed E-state index contributed by atoms with van der Waals surface area (Å²) in [6, 6.07) is 6.36. The molecule has 3 nitrogen and oxygen atoms in total. The number of hydrogen-bond donors (Lipinski definition) is 2. The molecular formula is C13H18FNO2S. The molecule has 0 unspecified atom stereocenters. The van der Waals surface area contributed by atoms with Crippen molar-refractivity contribution in [3.63, 3.8) is 0 Å². The van der Waals surface area contributed by atoms with Crippen LogP contribution in [0.3, 0.4) is 0 Å². The lowest BCUT2D eigenvalue weighted by molar-refractivity contribution is -0.119. The van der Waals surface area contributed by atoms with Crippen molar-refractivity contribution in [2.24, 2.45) is 5.41 Å². The summed E-state index contributed by atoms with van der Waals surface area (Å²) in [6.45, 7) is 4.13. The fourth-order valence-electron chi connectivity index (χ4n) is 1.15. The fourth-order valence-corrected chi connectivity index (χ4v) is 1.92. The van der Waals surface area contributed by atoms with Gasteiger partial charge in [0.05, 0.1) is 5.75 Å². The van der Waals surface area contributed by atoms with E-state index in [0.717, 1.165) is 11.8 Å². The second kappa shape index (κ2) is 6.75. The average molecular weight is 271 g/mol. The van der Waals surface area contributed by atoms with Crippen LogP contribution in [-0.2, 0) is 4.79 Å². The first-order valence-corrected chi connectivity index (χ1v) is 6.68. The van der Waals surface area contributed by atoms with Crippen molar-refractivity contribution >= 4 is 17.7 Å². The van der Waals surface area contributed by atoms with E-state index >= 15 is 0 Å². The van der Waals surface area contributed by atoms with Crippen molar-refractivity contribution < 1.29 is 14.3 Å². The number of thioether (sulfide) groups is 1. The number of carbonyl (C=O) groups excluding carboxylic acids is 1. The Morgan fingerprint density at radius 1 is 1.44 bits per heavy atom. The van der Waals surface area contributed by atoms with Crippen molar-refractivity contribution in [3.8, 4) is 0 Å². The van der Waals surface area contributed by atoms with Gasteiger partial charge in [-0.3, -0.25) is 4.79 Å². The minimum Gasteiger partial charge on any atom is -0.396 e. The van der Waals surface area contributed by atoms with Crippen molar-refractivity contribution in [1.29, 1.82) is 0 Å². The summed E-state index contributed by atoms with van der Waals surface area (Å²) in [6.07, 6.45) is 0. The molecule has 1 aromatic carbocycles. The number of benzene rings is 1. The van der Waals surface area contributed by atoms with Crippen LogP contribution >= 0.6 is 11.8 Å². The van der Waals surface area contributed by atoms with Gasteiger partial charge >= 0.3 is 0 Å². The summed E-state index contributed by atoms with van der Waals surface area (Å²) < 4.78 is 13.3. The molecule has 0 heterocycles. The maximum absolute atomic E-state index is 13.3. The molecule has 0 spiro atoms. The molecule has 5 heteroatoms. The molecule has 1 rings (SSSR count). The number of aliphatic hydroxyl groups is 1. The fraction of sp³-hybridized carbons (Fsp3) is 0.462. The number of hydrogen-bond acceptors (Lipinski definition) is 3. The van der Waals surface area contributed by atoms with Gasteiger partial charge in [-0.25, -0.2) is 4.39 Å². The summed E-state index contributed by atoms with van der Waals surface area (Å²) in [5.41, 5.74) is -0.335. The van der Waals surface area contributed by atoms with Gasteiger partial charge in [0.2, 0.25) is 5.91 Å². The van der Waals surface area contributed by atoms with Crippen LogP contribution < -0.4 is 5.32 Å². The van der Waals surface area contributed by atoms with Gasteiger partial charge in [0.15, 0.2) is 0 Å². The number of amides is 1. The molecule has 100 valence electrons. The molecule has 0 aliphatic rings. The molecule has 1 amide bonds. The second-order valence-corrected chi connectivity index (χ2v) is 5.84. The topological polar surface area (TPSA) is 49.3 Å². The minimum atomic E-state index is -0.335. The third-order valence-electron chi connectivity index (χ3n) is 2.39. The third kappa shape index (κ3) is 5.06. The smallest absolute Gasteiger partial charge is 0.230 e. The first kappa shape index (κ1) is 15.0. The van der Waals surface area contributed by atoms with Crippen LogP contribution in [0.25, 0.3) is 0 Å². The van der Waals surface area contributed by atoms with Crippen molar-refractivity contribution in [2.75, 3.05) is 18.9 Å². The zero-order valence-corrected chi connectivity index (χ0v) is 11.4. The Kier molecular flexibility index (Phi) is 5.62. The molecule has 1 aromatic rings. The Morgan fingerprint density at radius 2 is 2.11 bits per heavy atom. The molecule has 0 aliphatic heterocycles. The van der Waals surface area contributed by atoms with Gasteiger partial charge in [0.25, 0.3) is 0 Å². The largest absolute Gasteiger partial charge is 0.396 e. The van der Waals surface area contributed by atoms with E-state index in [0.29, 0.717) is 11.4 Å². The van der Waals surface area contributed by atoms with Crippen LogP contribution in [0, 0.1) is 11.2 Å². The highest BCUT2D eigenvalue weighted by molar-refractivity contribution is 8.00. The van der Waals surface area contributed by atoms with Gasteiger partial charge in [0.1, 0.15) is 5.82 Å². The molecule has 18 heavy (non-hydrogen) atoms. The van der Waals surface area contributed by atoms with E-state index in [-0.39, 0.29) is 29.5 Å². The Morgan fingerprint density at radius 3 is 2.72 bits per heavy atom. The predicted octanol–water partition coefficient (Wildman–Crippen LogP) is 2.05. The molecule has 0 radical (unpaired) electrons. The highest BCUT2D eigenvalue weighted by atomic mass is 32.2. The Balaban J connectivity index is 2.36. The zero-order valence-electron chi connectivity index (χ0n) is 10.6. The number of rotatable bonds is 6. The summed E-state index contributed by atoms with van der Waals surface area (Å²) in [7, 11) is 0. The van der Waals surface area contributed by atoms with Crippen LogP contribution in [0.15, 0.2) is 29.2 Å². The first-order chi connectivity index (χ1) is 8.44. The standard InChI is InChI=1S/C13H18FNO2S/c1-13(2,9-16)8-15-12(17)7-18-11-6-4-3-5-10(11)14/h3-6,16H,7-9H2,1-2H3,(H,15,17). The van der Waals surface area contributed by atoms with Gasteiger partial charge in [-0.05, 0) is 12.1 Å². The van der Waals surface area contributed by atoms with Crippen LogP contribution in [0.2, 0.25) is 0 Å². The van der Waals surface area contributed by atoms with E-state index in [2.05, 4.69) is 5.32 Å². The summed E-state index contributed by atoms with van der Waals surface area (Å²) >= 11 is 1.16. The van der Waals surface area contributed by atoms with Crippen molar-refractivity contribution in [3.05, 3.63) is 30.1 Å². The van der Waals surface area contributed by atoms with Gasteiger partial charge in [-0.15, -0.1) is 11.8 Å². The summed E-state index contributed by atoms with van der Waals surface area (Å²) in [4.78, 5) is 12.0. The van der Waals surface area contributed by atoms with Gasteiger partial charge in [-0.2, -0.15) is 0 Å². The number of nitrogens with one attached hydrogen (secondary N) is 1. The van der Waals surface area contributed by atoms with Crippen LogP contribution in [-0.4, -0.2) is 29.9 Å². The molecule has 0 atom stereocenters. The van der Waals surface area contributed by atoms with E-state index in [1.54, 1.807) is 18.2 Å². The SMILES string of the molecule is CC(C)(CO)CNC(=O)CSc1ccccc1F. The van der Waals surface area contributed by atoms with Crippen molar-refractivity contribution in [2.45, 2.75) is 18.7 Å². The summed E-state index contributed by atoms with van der Waals surface area (Å²) in [5.74, 6) is -0.307. The van der Waals surface area contributed by atoms with E-state index < -0.39 is 0 Å². The molecule has 0 aliphatic carbocycles. The Hall–Kier alpha value is -1.07. The first-order valence-electron chi connectivity index (χ1n) is 5.69. The Labute approximate surface area is 111 Å². The molecule has 0 saturated heterocycles. The Bertz CT molecular complexity index is 410. The maximum atomic E-state index is 13.3. The lowest BCUT2D eigenvalue weighted by Crippen LogP contribution is -2.36. The van der Waals surface area contributed by atoms with Gasteiger partial charge < -0.3 is 10.4 Å². The molecule has 0 saturated carbocycles. The number of aliphatic hydroxyl groups excluding tert-OH is 1. The predicted molar refractivity (Wildman–Crippen MR) is 71.0 cm³/mol. The third-order valence-corrected chi connectivity index (χ3v) is 3.44. The van der Waals surface area contributed by atoms with Crippen molar-refractivity contribution in [1.82, 2.24) is 5.32 Å². The monoisotopic (exact) mass is 271 g/mol. The zero-order chi connectivity index (χ0) is 13.6. The lowest BCUT2D eigenvalue weighted by Gasteiger charge is -2.21. The lowest BCUT2D eigenvalue weighted by atomic mass is 9.95. The quantitative estimate of drug-likeness (QED) is 0.779. The normalized spacial score (nSPS) is 11.3. The molecule has 0 fully saturated rings. The summed E-state index contributed by atoms with van der Waals surface area (Å²) in [5, 5.41) is 11.8. The maximum Gasteiger partial charge on any atom is 0.230 e. The van der Waals surface area contributed by atoms with E-state index in [1.165, 1.54) is 6.07 Å². The number of halogens is 1. The van der Waals surface area contributed by atoms with E-state index in [4.69, 9.17) is 5.11 Å². The molecular weight excluding hydrogens is 253 g/mol. The van der Waals surface area contributed by atoms with Crippen LogP contribution in [0.5, 0.6) is 0 Å². The van der Waals surface area contributed by atoms with E-state index in [1.807, 2.05) is 13.8 Å². The average Bonchev–Trinajstić information content (AvgIpc) is 2.35. The highest BCUT2D eigenvalue weighted by Gasteiger charge is 2.17. The van der Waals surface area contributed by atoms with Gasteiger partial charge in [-0.1, -0.05) is 26.0 Å². The molecule has 2 N–H and O–H groups in total. The van der Waals surface area contributed by atoms with Crippen LogP contribution in [0.1, 0.15) is 13.8 Å². The van der Waals surface area contributed by atoms with E-state index in [9.17, 15) is 9.18 Å². The molecule has 0 bridgehead atoms. The number of carbonyl (C=O) groups is 1. The van der Waals surface area contributed by atoms with Crippen LogP contribution in [0.4, 0.5) is 4.39 Å². The molecule has 0 aromatic heterocycles. The second-order valence-electron chi connectivity index (χ2n) is 4.82. The van der Waals surface area contributed by atoms with Gasteiger partial charge in [0, 0.05) is 23.5 Å². The minimum absolute atomic E-state index is 0.00767. The highest BCUT2D eigenvalue weighted by Crippen LogP contribution is 2.20.